The second-order valence-corrected chi connectivity index (χ2v) is 11.8. The quantitative estimate of drug-likeness (QED) is 0.288. The Kier molecular flexibility index (Phi) is 5.78. The van der Waals surface area contributed by atoms with Crippen LogP contribution >= 0.6 is 11.8 Å². The molecular weight excluding hydrogens is 472 g/mol. The molecule has 1 amide bonds. The summed E-state index contributed by atoms with van der Waals surface area (Å²) in [6.45, 7) is 0. The number of anilines is 2. The van der Waals surface area contributed by atoms with Crippen LogP contribution in [0.1, 0.15) is 52.7 Å². The van der Waals surface area contributed by atoms with E-state index < -0.39 is 0 Å². The van der Waals surface area contributed by atoms with Crippen molar-refractivity contribution in [2.24, 2.45) is 17.8 Å². The Hall–Kier alpha value is -3.50. The number of hydrogen-bond donors (Lipinski definition) is 2. The third-order valence-electron chi connectivity index (χ3n) is 8.61. The van der Waals surface area contributed by atoms with Gasteiger partial charge in [0.2, 0.25) is 0 Å². The van der Waals surface area contributed by atoms with Gasteiger partial charge in [-0.15, -0.1) is 0 Å². The number of amides is 1. The number of carbonyl (C=O) groups is 1. The molecule has 0 radical (unpaired) electrons. The lowest BCUT2D eigenvalue weighted by molar-refractivity contribution is 0.102. The number of rotatable bonds is 5. The van der Waals surface area contributed by atoms with E-state index in [0.29, 0.717) is 17.9 Å². The minimum Gasteiger partial charge on any atom is -0.378 e. The molecule has 3 aliphatic rings. The minimum atomic E-state index is -0.0474. The monoisotopic (exact) mass is 502 g/mol. The van der Waals surface area contributed by atoms with Crippen LogP contribution in [-0.2, 0) is 0 Å². The average molecular weight is 503 g/mol. The predicted octanol–water partition coefficient (Wildman–Crippen LogP) is 8.39. The number of hydrogen-bond acceptors (Lipinski definition) is 3. The maximum atomic E-state index is 13.5. The number of benzene rings is 4. The Bertz CT molecular complexity index is 1440. The van der Waals surface area contributed by atoms with Gasteiger partial charge in [-0.25, -0.2) is 0 Å². The summed E-state index contributed by atoms with van der Waals surface area (Å²) < 4.78 is 0. The van der Waals surface area contributed by atoms with Gasteiger partial charge in [0.05, 0.1) is 11.7 Å². The highest BCUT2D eigenvalue weighted by Gasteiger charge is 2.53. The average Bonchev–Trinajstić information content (AvgIpc) is 3.58. The van der Waals surface area contributed by atoms with Crippen LogP contribution in [0.2, 0.25) is 0 Å². The molecule has 184 valence electrons. The molecule has 4 heteroatoms. The van der Waals surface area contributed by atoms with Crippen molar-refractivity contribution in [2.45, 2.75) is 41.0 Å². The highest BCUT2D eigenvalue weighted by Crippen LogP contribution is 2.63. The fourth-order valence-electron chi connectivity index (χ4n) is 7.09. The zero-order valence-corrected chi connectivity index (χ0v) is 21.5. The molecule has 2 aliphatic carbocycles. The van der Waals surface area contributed by atoms with Crippen molar-refractivity contribution < 1.29 is 4.79 Å². The molecule has 4 aromatic rings. The van der Waals surface area contributed by atoms with Gasteiger partial charge in [-0.1, -0.05) is 72.4 Å². The molecule has 1 aliphatic heterocycles. The fourth-order valence-corrected chi connectivity index (χ4v) is 8.01. The van der Waals surface area contributed by atoms with Crippen LogP contribution in [0.3, 0.4) is 0 Å². The van der Waals surface area contributed by atoms with Crippen molar-refractivity contribution in [3.8, 4) is 0 Å². The first-order valence-electron chi connectivity index (χ1n) is 13.3. The number of nitrogens with one attached hydrogen (secondary N) is 2. The molecule has 2 saturated carbocycles. The van der Waals surface area contributed by atoms with E-state index in [9.17, 15) is 4.79 Å². The van der Waals surface area contributed by atoms with Gasteiger partial charge >= 0.3 is 0 Å². The smallest absolute Gasteiger partial charge is 0.255 e. The summed E-state index contributed by atoms with van der Waals surface area (Å²) in [6.07, 6.45) is 3.97. The summed E-state index contributed by atoms with van der Waals surface area (Å²) >= 11 is 1.67. The molecule has 0 unspecified atom stereocenters. The van der Waals surface area contributed by atoms with E-state index in [4.69, 9.17) is 0 Å². The molecule has 5 atom stereocenters. The van der Waals surface area contributed by atoms with Gasteiger partial charge in [0, 0.05) is 21.0 Å². The molecule has 0 spiro atoms. The Morgan fingerprint density at radius 2 is 1.54 bits per heavy atom. The third-order valence-corrected chi connectivity index (χ3v) is 9.70. The third kappa shape index (κ3) is 4.14. The molecule has 4 aromatic carbocycles. The number of para-hydroxylation sites is 1. The van der Waals surface area contributed by atoms with Crippen molar-refractivity contribution in [2.75, 3.05) is 10.6 Å². The first kappa shape index (κ1) is 22.7. The van der Waals surface area contributed by atoms with E-state index >= 15 is 0 Å². The predicted molar refractivity (Wildman–Crippen MR) is 151 cm³/mol. The zero-order chi connectivity index (χ0) is 24.8. The van der Waals surface area contributed by atoms with Crippen LogP contribution in [0.5, 0.6) is 0 Å². The first-order valence-corrected chi connectivity index (χ1v) is 14.1. The number of fused-ring (bicyclic) bond motifs is 7. The lowest BCUT2D eigenvalue weighted by atomic mass is 9.68. The Morgan fingerprint density at radius 3 is 2.38 bits per heavy atom. The molecular formula is C33H30N2OS. The minimum absolute atomic E-state index is 0.0474. The summed E-state index contributed by atoms with van der Waals surface area (Å²) in [5, 5.41) is 7.09. The molecule has 0 saturated heterocycles. The second-order valence-electron chi connectivity index (χ2n) is 10.6. The summed E-state index contributed by atoms with van der Waals surface area (Å²) in [4.78, 5) is 15.7. The Morgan fingerprint density at radius 1 is 0.811 bits per heavy atom. The van der Waals surface area contributed by atoms with E-state index in [2.05, 4.69) is 71.3 Å². The van der Waals surface area contributed by atoms with Crippen molar-refractivity contribution in [3.63, 3.8) is 0 Å². The zero-order valence-electron chi connectivity index (χ0n) is 20.6. The Labute approximate surface area is 222 Å². The standard InChI is InChI=1S/C33H30N2OS/c36-33(35-28-13-7-8-14-29(28)37-25-11-5-2-6-12-25)24-17-18-27-26(20-24)30-22-15-16-23(19-22)31(30)32(34-27)21-9-3-1-4-10-21/h1-14,17-18,20,22-23,30-32,34H,15-16,19H2,(H,35,36)/t22-,23-,30-,31+,32-/m0/s1. The number of carbonyl (C=O) groups excluding carboxylic acids is 1. The topological polar surface area (TPSA) is 41.1 Å². The summed E-state index contributed by atoms with van der Waals surface area (Å²) in [7, 11) is 0. The molecule has 2 N–H and O–H groups in total. The SMILES string of the molecule is O=C(Nc1ccccc1Sc1ccccc1)c1ccc2c(c1)[C@@H]1[C@H]3CC[C@@H](C3)[C@H]1[C@H](c1ccccc1)N2. The van der Waals surface area contributed by atoms with Gasteiger partial charge in [0.25, 0.3) is 5.91 Å². The van der Waals surface area contributed by atoms with Gasteiger partial charge in [-0.2, -0.15) is 0 Å². The summed E-state index contributed by atoms with van der Waals surface area (Å²) in [5.41, 5.74) is 5.49. The largest absolute Gasteiger partial charge is 0.378 e. The lowest BCUT2D eigenvalue weighted by Gasteiger charge is -2.43. The van der Waals surface area contributed by atoms with E-state index in [1.165, 1.54) is 36.1 Å². The molecule has 1 heterocycles. The van der Waals surface area contributed by atoms with Gasteiger partial charge in [-0.05, 0) is 96.5 Å². The van der Waals surface area contributed by atoms with Crippen LogP contribution in [0.25, 0.3) is 0 Å². The summed E-state index contributed by atoms with van der Waals surface area (Å²) in [6, 6.07) is 35.9. The maximum absolute atomic E-state index is 13.5. The molecule has 3 nitrogen and oxygen atoms in total. The van der Waals surface area contributed by atoms with Crippen LogP contribution in [-0.4, -0.2) is 5.91 Å². The van der Waals surface area contributed by atoms with Crippen LogP contribution in [0.15, 0.2) is 113 Å². The van der Waals surface area contributed by atoms with Crippen LogP contribution in [0.4, 0.5) is 11.4 Å². The van der Waals surface area contributed by atoms with Gasteiger partial charge in [0.1, 0.15) is 0 Å². The van der Waals surface area contributed by atoms with Crippen molar-refractivity contribution in [1.29, 1.82) is 0 Å². The lowest BCUT2D eigenvalue weighted by Crippen LogP contribution is -2.35. The van der Waals surface area contributed by atoms with Gasteiger partial charge < -0.3 is 10.6 Å². The molecule has 2 bridgehead atoms. The maximum Gasteiger partial charge on any atom is 0.255 e. The molecule has 0 aromatic heterocycles. The van der Waals surface area contributed by atoms with E-state index in [0.717, 1.165) is 32.9 Å². The fraction of sp³-hybridized carbons (Fsp3) is 0.242. The van der Waals surface area contributed by atoms with E-state index in [1.807, 2.05) is 42.5 Å². The van der Waals surface area contributed by atoms with E-state index in [1.54, 1.807) is 11.8 Å². The van der Waals surface area contributed by atoms with Crippen LogP contribution in [0, 0.1) is 17.8 Å². The van der Waals surface area contributed by atoms with E-state index in [-0.39, 0.29) is 5.91 Å². The highest BCUT2D eigenvalue weighted by molar-refractivity contribution is 7.99. The molecule has 7 rings (SSSR count). The first-order chi connectivity index (χ1) is 18.2. The molecule has 2 fully saturated rings. The van der Waals surface area contributed by atoms with Gasteiger partial charge in [-0.3, -0.25) is 4.79 Å². The van der Waals surface area contributed by atoms with Crippen molar-refractivity contribution in [1.82, 2.24) is 0 Å². The molecule has 37 heavy (non-hydrogen) atoms. The Balaban J connectivity index is 1.18. The van der Waals surface area contributed by atoms with Gasteiger partial charge in [0.15, 0.2) is 0 Å². The normalized spacial score (nSPS) is 25.1. The van der Waals surface area contributed by atoms with Crippen molar-refractivity contribution in [3.05, 3.63) is 120 Å². The summed E-state index contributed by atoms with van der Waals surface area (Å²) in [5.74, 6) is 2.56. The van der Waals surface area contributed by atoms with Crippen LogP contribution < -0.4 is 10.6 Å². The van der Waals surface area contributed by atoms with Crippen molar-refractivity contribution >= 4 is 29.0 Å². The second kappa shape index (κ2) is 9.42. The highest BCUT2D eigenvalue weighted by atomic mass is 32.2.